The lowest BCUT2D eigenvalue weighted by molar-refractivity contribution is -0.117. The van der Waals surface area contributed by atoms with Crippen LogP contribution in [0.2, 0.25) is 0 Å². The van der Waals surface area contributed by atoms with Crippen molar-refractivity contribution in [2.75, 3.05) is 36.6 Å². The minimum atomic E-state index is -0.629. The quantitative estimate of drug-likeness (QED) is 0.382. The summed E-state index contributed by atoms with van der Waals surface area (Å²) in [6, 6.07) is 28.7. The van der Waals surface area contributed by atoms with E-state index >= 15 is 0 Å². The van der Waals surface area contributed by atoms with E-state index in [2.05, 4.69) is 20.3 Å². The zero-order valence-electron chi connectivity index (χ0n) is 20.5. The van der Waals surface area contributed by atoms with Gasteiger partial charge in [-0.05, 0) is 42.3 Å². The molecule has 2 heterocycles. The van der Waals surface area contributed by atoms with Gasteiger partial charge in [-0.3, -0.25) is 4.79 Å². The van der Waals surface area contributed by atoms with Crippen molar-refractivity contribution in [3.63, 3.8) is 0 Å². The van der Waals surface area contributed by atoms with Gasteiger partial charge in [-0.1, -0.05) is 60.7 Å². The third kappa shape index (κ3) is 6.18. The lowest BCUT2D eigenvalue weighted by atomic mass is 10.1. The van der Waals surface area contributed by atoms with Gasteiger partial charge in [0, 0.05) is 30.5 Å². The van der Waals surface area contributed by atoms with E-state index in [1.807, 2.05) is 91.0 Å². The number of nitrogens with two attached hydrogens (primary N) is 1. The standard InChI is InChI=1S/C29H30N6O2/c30-26(21-22-7-3-1-4-8-22)28(36)32-24-13-11-23(12-14-24)27-15-16-31-29(33-27)35(25-9-5-2-6-10-25)34-17-19-37-20-18-34/h1-16,26H,17-21,30H2,(H,32,36)/t26-/m0/s1. The van der Waals surface area contributed by atoms with E-state index in [9.17, 15) is 4.79 Å². The molecule has 3 N–H and O–H groups in total. The topological polar surface area (TPSA) is 96.6 Å². The number of morpholine rings is 1. The number of hydrazine groups is 1. The molecular weight excluding hydrogens is 464 g/mol. The SMILES string of the molecule is N[C@@H](Cc1ccccc1)C(=O)Nc1ccc(-c2ccnc(N(c3ccccc3)N3CCOCC3)n2)cc1. The molecule has 4 aromatic rings. The molecule has 0 aliphatic carbocycles. The molecule has 5 rings (SSSR count). The van der Waals surface area contributed by atoms with Crippen LogP contribution in [-0.2, 0) is 16.0 Å². The van der Waals surface area contributed by atoms with E-state index in [4.69, 9.17) is 15.5 Å². The maximum atomic E-state index is 12.6. The van der Waals surface area contributed by atoms with Crippen molar-refractivity contribution in [2.45, 2.75) is 12.5 Å². The molecule has 1 aromatic heterocycles. The largest absolute Gasteiger partial charge is 0.379 e. The number of para-hydroxylation sites is 1. The van der Waals surface area contributed by atoms with Crippen LogP contribution < -0.4 is 16.1 Å². The van der Waals surface area contributed by atoms with Crippen LogP contribution >= 0.6 is 0 Å². The molecular formula is C29H30N6O2. The summed E-state index contributed by atoms with van der Waals surface area (Å²) < 4.78 is 5.55. The van der Waals surface area contributed by atoms with Crippen LogP contribution in [0.4, 0.5) is 17.3 Å². The lowest BCUT2D eigenvalue weighted by Crippen LogP contribution is -2.47. The number of hydrogen-bond acceptors (Lipinski definition) is 7. The summed E-state index contributed by atoms with van der Waals surface area (Å²) in [6.45, 7) is 2.82. The van der Waals surface area contributed by atoms with Crippen LogP contribution in [0.1, 0.15) is 5.56 Å². The molecule has 1 atom stereocenters. The van der Waals surface area contributed by atoms with Crippen LogP contribution in [0, 0.1) is 0 Å². The Morgan fingerprint density at radius 3 is 2.32 bits per heavy atom. The number of benzene rings is 3. The van der Waals surface area contributed by atoms with E-state index in [0.29, 0.717) is 31.3 Å². The number of carbonyl (C=O) groups is 1. The highest BCUT2D eigenvalue weighted by atomic mass is 16.5. The number of amides is 1. The van der Waals surface area contributed by atoms with Crippen LogP contribution in [0.25, 0.3) is 11.3 Å². The third-order valence-corrected chi connectivity index (χ3v) is 6.19. The van der Waals surface area contributed by atoms with Crippen molar-refractivity contribution >= 4 is 23.2 Å². The summed E-state index contributed by atoms with van der Waals surface area (Å²) >= 11 is 0. The summed E-state index contributed by atoms with van der Waals surface area (Å²) in [6.07, 6.45) is 2.25. The first-order valence-corrected chi connectivity index (χ1v) is 12.4. The Hall–Kier alpha value is -4.11. The lowest BCUT2D eigenvalue weighted by Gasteiger charge is -2.37. The van der Waals surface area contributed by atoms with E-state index in [0.717, 1.165) is 35.6 Å². The molecule has 0 radical (unpaired) electrons. The summed E-state index contributed by atoms with van der Waals surface area (Å²) in [7, 11) is 0. The fourth-order valence-corrected chi connectivity index (χ4v) is 4.26. The number of nitrogens with one attached hydrogen (secondary N) is 1. The molecule has 0 spiro atoms. The van der Waals surface area contributed by atoms with Crippen LogP contribution in [-0.4, -0.2) is 53.2 Å². The zero-order chi connectivity index (χ0) is 25.5. The number of nitrogens with zero attached hydrogens (tertiary/aromatic N) is 4. The number of rotatable bonds is 8. The van der Waals surface area contributed by atoms with Gasteiger partial charge in [0.25, 0.3) is 0 Å². The summed E-state index contributed by atoms with van der Waals surface area (Å²) in [5.74, 6) is 0.375. The molecule has 37 heavy (non-hydrogen) atoms. The molecule has 1 amide bonds. The average molecular weight is 495 g/mol. The Balaban J connectivity index is 1.31. The number of aromatic nitrogens is 2. The van der Waals surface area contributed by atoms with Crippen LogP contribution in [0.3, 0.4) is 0 Å². The molecule has 3 aromatic carbocycles. The molecule has 8 nitrogen and oxygen atoms in total. The van der Waals surface area contributed by atoms with E-state index in [-0.39, 0.29) is 5.91 Å². The van der Waals surface area contributed by atoms with Gasteiger partial charge in [0.05, 0.1) is 30.6 Å². The Labute approximate surface area is 216 Å². The zero-order valence-corrected chi connectivity index (χ0v) is 20.5. The molecule has 1 aliphatic heterocycles. The van der Waals surface area contributed by atoms with Crippen molar-refractivity contribution in [1.29, 1.82) is 0 Å². The van der Waals surface area contributed by atoms with E-state index in [1.54, 1.807) is 6.20 Å². The van der Waals surface area contributed by atoms with Gasteiger partial charge >= 0.3 is 0 Å². The second kappa shape index (κ2) is 11.7. The predicted molar refractivity (Wildman–Crippen MR) is 145 cm³/mol. The molecule has 1 fully saturated rings. The normalized spacial score (nSPS) is 14.6. The van der Waals surface area contributed by atoms with Crippen molar-refractivity contribution in [1.82, 2.24) is 15.0 Å². The summed E-state index contributed by atoms with van der Waals surface area (Å²) in [5.41, 5.74) is 10.5. The number of anilines is 3. The van der Waals surface area contributed by atoms with Gasteiger partial charge < -0.3 is 15.8 Å². The van der Waals surface area contributed by atoms with Crippen molar-refractivity contribution in [3.8, 4) is 11.3 Å². The Morgan fingerprint density at radius 1 is 0.946 bits per heavy atom. The fraction of sp³-hybridized carbons (Fsp3) is 0.207. The minimum Gasteiger partial charge on any atom is -0.379 e. The first kappa shape index (κ1) is 24.6. The minimum absolute atomic E-state index is 0.218. The number of carbonyl (C=O) groups excluding carboxylic acids is 1. The van der Waals surface area contributed by atoms with Crippen LogP contribution in [0.5, 0.6) is 0 Å². The first-order valence-electron chi connectivity index (χ1n) is 12.4. The first-order chi connectivity index (χ1) is 18.2. The second-order valence-electron chi connectivity index (χ2n) is 8.82. The van der Waals surface area contributed by atoms with Crippen LogP contribution in [0.15, 0.2) is 97.2 Å². The third-order valence-electron chi connectivity index (χ3n) is 6.19. The van der Waals surface area contributed by atoms with Crippen molar-refractivity contribution in [2.24, 2.45) is 5.73 Å². The number of hydrogen-bond donors (Lipinski definition) is 2. The predicted octanol–water partition coefficient (Wildman–Crippen LogP) is 4.04. The highest BCUT2D eigenvalue weighted by Crippen LogP contribution is 2.27. The smallest absolute Gasteiger partial charge is 0.245 e. The highest BCUT2D eigenvalue weighted by Gasteiger charge is 2.23. The van der Waals surface area contributed by atoms with Gasteiger partial charge in [-0.25, -0.2) is 20.0 Å². The fourth-order valence-electron chi connectivity index (χ4n) is 4.26. The summed E-state index contributed by atoms with van der Waals surface area (Å²) in [4.78, 5) is 22.1. The Kier molecular flexibility index (Phi) is 7.81. The molecule has 1 aliphatic rings. The van der Waals surface area contributed by atoms with Crippen molar-refractivity contribution < 1.29 is 9.53 Å². The average Bonchev–Trinajstić information content (AvgIpc) is 2.95. The van der Waals surface area contributed by atoms with E-state index < -0.39 is 6.04 Å². The second-order valence-corrected chi connectivity index (χ2v) is 8.82. The molecule has 0 unspecified atom stereocenters. The van der Waals surface area contributed by atoms with Gasteiger partial charge in [0.2, 0.25) is 11.9 Å². The summed E-state index contributed by atoms with van der Waals surface area (Å²) in [5, 5.41) is 7.17. The van der Waals surface area contributed by atoms with Crippen molar-refractivity contribution in [3.05, 3.63) is 103 Å². The maximum absolute atomic E-state index is 12.6. The van der Waals surface area contributed by atoms with Gasteiger partial charge in [-0.15, -0.1) is 0 Å². The molecule has 1 saturated heterocycles. The Morgan fingerprint density at radius 2 is 1.62 bits per heavy atom. The molecule has 8 heteroatoms. The monoisotopic (exact) mass is 494 g/mol. The van der Waals surface area contributed by atoms with Gasteiger partial charge in [0.1, 0.15) is 0 Å². The molecule has 188 valence electrons. The maximum Gasteiger partial charge on any atom is 0.245 e. The highest BCUT2D eigenvalue weighted by molar-refractivity contribution is 5.95. The van der Waals surface area contributed by atoms with Gasteiger partial charge in [-0.2, -0.15) is 0 Å². The van der Waals surface area contributed by atoms with E-state index in [1.165, 1.54) is 0 Å². The molecule has 0 bridgehead atoms. The number of ether oxygens (including phenoxy) is 1. The van der Waals surface area contributed by atoms with Gasteiger partial charge in [0.15, 0.2) is 0 Å². The Bertz CT molecular complexity index is 1300. The molecule has 0 saturated carbocycles.